The Balaban J connectivity index is 2.02. The minimum atomic E-state index is -0.495. The Bertz CT molecular complexity index is 740. The summed E-state index contributed by atoms with van der Waals surface area (Å²) in [6, 6.07) is 7.10. The lowest BCUT2D eigenvalue weighted by Gasteiger charge is -2.08. The highest BCUT2D eigenvalue weighted by molar-refractivity contribution is 6.30. The number of nitrogen functional groups attached to an aromatic ring is 1. The summed E-state index contributed by atoms with van der Waals surface area (Å²) in [7, 11) is 0. The second kappa shape index (κ2) is 4.40. The summed E-state index contributed by atoms with van der Waals surface area (Å²) in [6.07, 6.45) is 0. The molecule has 0 saturated carbocycles. The number of halogens is 2. The van der Waals surface area contributed by atoms with E-state index in [1.165, 1.54) is 18.2 Å². The van der Waals surface area contributed by atoms with E-state index in [0.717, 1.165) is 0 Å². The predicted molar refractivity (Wildman–Crippen MR) is 67.7 cm³/mol. The molecule has 0 atom stereocenters. The molecular weight excluding hydrogens is 273 g/mol. The van der Waals surface area contributed by atoms with Gasteiger partial charge >= 0.3 is 0 Å². The van der Waals surface area contributed by atoms with Gasteiger partial charge in [-0.1, -0.05) is 11.6 Å². The van der Waals surface area contributed by atoms with Gasteiger partial charge in [0, 0.05) is 11.1 Å². The van der Waals surface area contributed by atoms with Crippen molar-refractivity contribution in [2.75, 3.05) is 5.73 Å². The minimum absolute atomic E-state index is 0.234. The van der Waals surface area contributed by atoms with E-state index in [1.54, 1.807) is 12.1 Å². The molecule has 0 unspecified atom stereocenters. The molecule has 2 aromatic carbocycles. The molecule has 0 aliphatic heterocycles. The molecule has 3 rings (SSSR count). The highest BCUT2D eigenvalue weighted by atomic mass is 35.5. The van der Waals surface area contributed by atoms with Gasteiger partial charge in [0.05, 0.1) is 0 Å². The zero-order valence-electron chi connectivity index (χ0n) is 9.43. The van der Waals surface area contributed by atoms with Crippen molar-refractivity contribution < 1.29 is 13.8 Å². The Morgan fingerprint density at radius 2 is 2.05 bits per heavy atom. The van der Waals surface area contributed by atoms with E-state index in [-0.39, 0.29) is 16.5 Å². The van der Waals surface area contributed by atoms with Crippen LogP contribution in [0.3, 0.4) is 0 Å². The molecule has 19 heavy (non-hydrogen) atoms. The van der Waals surface area contributed by atoms with Crippen molar-refractivity contribution in [1.29, 1.82) is 0 Å². The van der Waals surface area contributed by atoms with E-state index < -0.39 is 5.82 Å². The molecule has 0 spiro atoms. The number of hydrogen-bond acceptors (Lipinski definition) is 5. The molecule has 2 N–H and O–H groups in total. The quantitative estimate of drug-likeness (QED) is 0.728. The number of benzene rings is 2. The highest BCUT2D eigenvalue weighted by Gasteiger charge is 2.11. The lowest BCUT2D eigenvalue weighted by Crippen LogP contribution is -1.94. The maximum Gasteiger partial charge on any atom is 0.161 e. The van der Waals surface area contributed by atoms with Crippen molar-refractivity contribution in [2.24, 2.45) is 0 Å². The number of fused-ring (bicyclic) bond motifs is 1. The van der Waals surface area contributed by atoms with Crippen LogP contribution < -0.4 is 10.5 Å². The molecule has 5 nitrogen and oxygen atoms in total. The molecule has 7 heteroatoms. The first kappa shape index (κ1) is 11.7. The highest BCUT2D eigenvalue weighted by Crippen LogP contribution is 2.33. The Kier molecular flexibility index (Phi) is 2.72. The van der Waals surface area contributed by atoms with Crippen LogP contribution in [0, 0.1) is 5.82 Å². The van der Waals surface area contributed by atoms with Crippen molar-refractivity contribution in [3.05, 3.63) is 41.2 Å². The Labute approximate surface area is 111 Å². The Morgan fingerprint density at radius 3 is 2.84 bits per heavy atom. The smallest absolute Gasteiger partial charge is 0.161 e. The van der Waals surface area contributed by atoms with Crippen LogP contribution in [0.25, 0.3) is 11.0 Å². The second-order valence-corrected chi connectivity index (χ2v) is 4.25. The Hall–Kier alpha value is -2.34. The third-order valence-electron chi connectivity index (χ3n) is 2.49. The molecule has 3 aromatic rings. The summed E-state index contributed by atoms with van der Waals surface area (Å²) < 4.78 is 23.3. The summed E-state index contributed by atoms with van der Waals surface area (Å²) in [5, 5.41) is 7.55. The van der Waals surface area contributed by atoms with Gasteiger partial charge in [0.25, 0.3) is 0 Å². The van der Waals surface area contributed by atoms with Crippen molar-refractivity contribution in [2.45, 2.75) is 0 Å². The van der Waals surface area contributed by atoms with Gasteiger partial charge in [-0.25, -0.2) is 9.02 Å². The van der Waals surface area contributed by atoms with Gasteiger partial charge in [0.15, 0.2) is 11.3 Å². The van der Waals surface area contributed by atoms with Crippen LogP contribution in [0.15, 0.2) is 35.0 Å². The summed E-state index contributed by atoms with van der Waals surface area (Å²) in [4.78, 5) is 0. The molecule has 0 amide bonds. The number of anilines is 1. The van der Waals surface area contributed by atoms with Gasteiger partial charge in [-0.05, 0) is 34.6 Å². The van der Waals surface area contributed by atoms with Gasteiger partial charge in [-0.15, -0.1) is 0 Å². The zero-order chi connectivity index (χ0) is 13.4. The first-order chi connectivity index (χ1) is 9.13. The van der Waals surface area contributed by atoms with Gasteiger partial charge in [0.1, 0.15) is 22.8 Å². The van der Waals surface area contributed by atoms with E-state index in [9.17, 15) is 4.39 Å². The van der Waals surface area contributed by atoms with Crippen LogP contribution in [0.4, 0.5) is 10.1 Å². The van der Waals surface area contributed by atoms with E-state index in [0.29, 0.717) is 16.8 Å². The van der Waals surface area contributed by atoms with Gasteiger partial charge in [-0.3, -0.25) is 0 Å². The van der Waals surface area contributed by atoms with E-state index in [1.807, 2.05) is 0 Å². The van der Waals surface area contributed by atoms with E-state index >= 15 is 0 Å². The number of aromatic nitrogens is 2. The standard InChI is InChI=1S/C12H7ClFN3O2/c13-6-3-7(14)5-8(4-6)18-10-2-1-9-12(11(10)15)17-19-16-9/h1-5H,15H2. The zero-order valence-corrected chi connectivity index (χ0v) is 10.2. The number of nitrogens with zero attached hydrogens (tertiary/aromatic N) is 2. The summed E-state index contributed by atoms with van der Waals surface area (Å²) in [5.41, 5.74) is 7.04. The summed E-state index contributed by atoms with van der Waals surface area (Å²) >= 11 is 5.75. The van der Waals surface area contributed by atoms with Crippen molar-refractivity contribution >= 4 is 28.3 Å². The van der Waals surface area contributed by atoms with Crippen LogP contribution in [0.1, 0.15) is 0 Å². The van der Waals surface area contributed by atoms with Crippen LogP contribution in [0.2, 0.25) is 5.02 Å². The molecule has 1 aromatic heterocycles. The molecule has 0 aliphatic carbocycles. The fourth-order valence-electron chi connectivity index (χ4n) is 1.66. The lowest BCUT2D eigenvalue weighted by atomic mass is 10.2. The SMILES string of the molecule is Nc1c(Oc2cc(F)cc(Cl)c2)ccc2nonc12. The number of ether oxygens (including phenoxy) is 1. The van der Waals surface area contributed by atoms with Crippen molar-refractivity contribution in [3.63, 3.8) is 0 Å². The molecule has 0 saturated heterocycles. The molecule has 0 fully saturated rings. The van der Waals surface area contributed by atoms with Crippen LogP contribution in [-0.4, -0.2) is 10.3 Å². The van der Waals surface area contributed by atoms with Crippen molar-refractivity contribution in [3.8, 4) is 11.5 Å². The van der Waals surface area contributed by atoms with Gasteiger partial charge in [0.2, 0.25) is 0 Å². The fourth-order valence-corrected chi connectivity index (χ4v) is 1.87. The molecule has 1 heterocycles. The fraction of sp³-hybridized carbons (Fsp3) is 0. The first-order valence-corrected chi connectivity index (χ1v) is 5.66. The normalized spacial score (nSPS) is 10.8. The third kappa shape index (κ3) is 2.17. The Morgan fingerprint density at radius 1 is 1.21 bits per heavy atom. The van der Waals surface area contributed by atoms with Gasteiger partial charge < -0.3 is 10.5 Å². The third-order valence-corrected chi connectivity index (χ3v) is 2.71. The molecule has 0 radical (unpaired) electrons. The largest absolute Gasteiger partial charge is 0.455 e. The maximum absolute atomic E-state index is 13.2. The van der Waals surface area contributed by atoms with Crippen molar-refractivity contribution in [1.82, 2.24) is 10.3 Å². The average Bonchev–Trinajstić information content (AvgIpc) is 2.80. The predicted octanol–water partition coefficient (Wildman–Crippen LogP) is 3.39. The maximum atomic E-state index is 13.2. The molecule has 0 aliphatic rings. The van der Waals surface area contributed by atoms with Crippen LogP contribution in [0.5, 0.6) is 11.5 Å². The second-order valence-electron chi connectivity index (χ2n) is 3.82. The number of hydrogen-bond donors (Lipinski definition) is 1. The molecular formula is C12H7ClFN3O2. The number of rotatable bonds is 2. The van der Waals surface area contributed by atoms with Gasteiger partial charge in [-0.2, -0.15) is 0 Å². The van der Waals surface area contributed by atoms with Crippen LogP contribution in [-0.2, 0) is 0 Å². The van der Waals surface area contributed by atoms with Crippen LogP contribution >= 0.6 is 11.6 Å². The lowest BCUT2D eigenvalue weighted by molar-refractivity contribution is 0.315. The summed E-state index contributed by atoms with van der Waals surface area (Å²) in [6.45, 7) is 0. The van der Waals surface area contributed by atoms with E-state index in [2.05, 4.69) is 14.9 Å². The monoisotopic (exact) mass is 279 g/mol. The minimum Gasteiger partial charge on any atom is -0.455 e. The summed E-state index contributed by atoms with van der Waals surface area (Å²) in [5.74, 6) is 0.0719. The van der Waals surface area contributed by atoms with E-state index in [4.69, 9.17) is 22.1 Å². The number of nitrogens with two attached hydrogens (primary N) is 1. The molecule has 96 valence electrons. The average molecular weight is 280 g/mol. The first-order valence-electron chi connectivity index (χ1n) is 5.28. The topological polar surface area (TPSA) is 74.2 Å². The molecule has 0 bridgehead atoms.